The van der Waals surface area contributed by atoms with Crippen molar-refractivity contribution < 1.29 is 14.8 Å². The van der Waals surface area contributed by atoms with E-state index >= 15 is 0 Å². The number of hydrogen-bond acceptors (Lipinski definition) is 5. The van der Waals surface area contributed by atoms with Crippen molar-refractivity contribution in [2.75, 3.05) is 18.5 Å². The maximum atomic E-state index is 11.3. The summed E-state index contributed by atoms with van der Waals surface area (Å²) in [7, 11) is 0. The molecule has 0 aliphatic heterocycles. The van der Waals surface area contributed by atoms with Gasteiger partial charge in [-0.2, -0.15) is 0 Å². The highest BCUT2D eigenvalue weighted by Crippen LogP contribution is 2.39. The molecule has 0 unspecified atom stereocenters. The van der Waals surface area contributed by atoms with Crippen LogP contribution in [0.25, 0.3) is 0 Å². The predicted octanol–water partition coefficient (Wildman–Crippen LogP) is 2.71. The zero-order valence-corrected chi connectivity index (χ0v) is 11.6. The van der Waals surface area contributed by atoms with Gasteiger partial charge in [-0.05, 0) is 31.9 Å². The van der Waals surface area contributed by atoms with E-state index in [9.17, 15) is 15.2 Å². The van der Waals surface area contributed by atoms with Crippen LogP contribution >= 0.6 is 0 Å². The molecule has 1 aromatic carbocycles. The predicted molar refractivity (Wildman–Crippen MR) is 76.2 cm³/mol. The van der Waals surface area contributed by atoms with Crippen molar-refractivity contribution in [2.45, 2.75) is 38.1 Å². The molecule has 0 radical (unpaired) electrons. The Morgan fingerprint density at radius 1 is 1.45 bits per heavy atom. The topological polar surface area (TPSA) is 84.6 Å². The number of anilines is 1. The second-order valence-corrected chi connectivity index (χ2v) is 5.11. The van der Waals surface area contributed by atoms with E-state index in [1.807, 2.05) is 0 Å². The molecule has 0 atom stereocenters. The first-order chi connectivity index (χ1) is 9.62. The summed E-state index contributed by atoms with van der Waals surface area (Å²) in [5, 5.41) is 24.1. The van der Waals surface area contributed by atoms with Crippen LogP contribution in [0.3, 0.4) is 0 Å². The van der Waals surface area contributed by atoms with E-state index < -0.39 is 10.5 Å². The first kappa shape index (κ1) is 14.6. The van der Waals surface area contributed by atoms with E-state index in [0.717, 1.165) is 25.7 Å². The first-order valence-electron chi connectivity index (χ1n) is 6.91. The van der Waals surface area contributed by atoms with Gasteiger partial charge in [0.1, 0.15) is 5.69 Å². The average Bonchev–Trinajstić information content (AvgIpc) is 2.88. The molecule has 20 heavy (non-hydrogen) atoms. The third-order valence-corrected chi connectivity index (χ3v) is 3.74. The molecule has 0 amide bonds. The van der Waals surface area contributed by atoms with Gasteiger partial charge in [-0.15, -0.1) is 0 Å². The number of benzene rings is 1. The minimum Gasteiger partial charge on any atom is -0.487 e. The molecule has 0 heterocycles. The number of rotatable bonds is 6. The van der Waals surface area contributed by atoms with Crippen LogP contribution in [-0.4, -0.2) is 28.8 Å². The minimum atomic E-state index is -0.449. The van der Waals surface area contributed by atoms with Crippen LogP contribution in [0, 0.1) is 10.1 Å². The van der Waals surface area contributed by atoms with Gasteiger partial charge in [-0.25, -0.2) is 0 Å². The normalized spacial score (nSPS) is 16.9. The van der Waals surface area contributed by atoms with Gasteiger partial charge >= 0.3 is 5.69 Å². The quantitative estimate of drug-likeness (QED) is 0.618. The van der Waals surface area contributed by atoms with E-state index in [1.54, 1.807) is 25.1 Å². The van der Waals surface area contributed by atoms with Gasteiger partial charge in [0, 0.05) is 0 Å². The Bertz CT molecular complexity index is 484. The van der Waals surface area contributed by atoms with Crippen molar-refractivity contribution in [3.8, 4) is 5.75 Å². The zero-order valence-electron chi connectivity index (χ0n) is 11.6. The average molecular weight is 280 g/mol. The highest BCUT2D eigenvalue weighted by molar-refractivity contribution is 5.69. The number of nitro benzene ring substituents is 1. The summed E-state index contributed by atoms with van der Waals surface area (Å²) in [5.74, 6) is 0.258. The molecule has 1 aromatic rings. The Balaban J connectivity index is 2.35. The zero-order chi connectivity index (χ0) is 14.6. The molecule has 110 valence electrons. The summed E-state index contributed by atoms with van der Waals surface area (Å²) in [4.78, 5) is 10.9. The molecule has 0 saturated heterocycles. The number of nitro groups is 1. The standard InChI is InChI=1S/C14H20N2O4/c1-2-20-12-7-5-6-11(13(12)16(18)19)15-14(10-17)8-3-4-9-14/h5-7,15,17H,2-4,8-10H2,1H3. The molecule has 6 nitrogen and oxygen atoms in total. The lowest BCUT2D eigenvalue weighted by molar-refractivity contribution is -0.385. The van der Waals surface area contributed by atoms with Gasteiger partial charge in [-0.3, -0.25) is 10.1 Å². The van der Waals surface area contributed by atoms with Crippen LogP contribution in [0.1, 0.15) is 32.6 Å². The summed E-state index contributed by atoms with van der Waals surface area (Å²) in [6.07, 6.45) is 3.68. The second-order valence-electron chi connectivity index (χ2n) is 5.11. The van der Waals surface area contributed by atoms with Gasteiger partial charge in [0.25, 0.3) is 0 Å². The van der Waals surface area contributed by atoms with E-state index in [1.165, 1.54) is 0 Å². The van der Waals surface area contributed by atoms with Gasteiger partial charge in [0.2, 0.25) is 0 Å². The number of hydrogen-bond donors (Lipinski definition) is 2. The fourth-order valence-electron chi connectivity index (χ4n) is 2.74. The molecule has 0 aromatic heterocycles. The Morgan fingerprint density at radius 3 is 2.70 bits per heavy atom. The van der Waals surface area contributed by atoms with Crippen LogP contribution in [0.15, 0.2) is 18.2 Å². The monoisotopic (exact) mass is 280 g/mol. The molecule has 0 bridgehead atoms. The summed E-state index contributed by atoms with van der Waals surface area (Å²) in [5.41, 5.74) is -0.0961. The van der Waals surface area contributed by atoms with Crippen LogP contribution in [0.2, 0.25) is 0 Å². The van der Waals surface area contributed by atoms with Gasteiger partial charge in [0.05, 0.1) is 23.7 Å². The van der Waals surface area contributed by atoms with Gasteiger partial charge in [-0.1, -0.05) is 18.9 Å². The largest absolute Gasteiger partial charge is 0.487 e. The van der Waals surface area contributed by atoms with E-state index in [4.69, 9.17) is 4.74 Å². The van der Waals surface area contributed by atoms with Crippen molar-refractivity contribution >= 4 is 11.4 Å². The molecule has 1 saturated carbocycles. The molecule has 1 aliphatic rings. The Morgan fingerprint density at radius 2 is 2.15 bits per heavy atom. The smallest absolute Gasteiger partial charge is 0.333 e. The molecular formula is C14H20N2O4. The van der Waals surface area contributed by atoms with Crippen LogP contribution < -0.4 is 10.1 Å². The minimum absolute atomic E-state index is 0.0248. The number of aliphatic hydroxyl groups excluding tert-OH is 1. The molecule has 1 fully saturated rings. The summed E-state index contributed by atoms with van der Waals surface area (Å²) in [6, 6.07) is 4.98. The van der Waals surface area contributed by atoms with E-state index in [-0.39, 0.29) is 18.0 Å². The fourth-order valence-corrected chi connectivity index (χ4v) is 2.74. The maximum Gasteiger partial charge on any atom is 0.333 e. The van der Waals surface area contributed by atoms with Crippen LogP contribution in [0.5, 0.6) is 5.75 Å². The Labute approximate surface area is 117 Å². The summed E-state index contributed by atoms with van der Waals surface area (Å²) < 4.78 is 5.33. The number of nitrogens with one attached hydrogen (secondary N) is 1. The highest BCUT2D eigenvalue weighted by atomic mass is 16.6. The third kappa shape index (κ3) is 2.85. The fraction of sp³-hybridized carbons (Fsp3) is 0.571. The number of aliphatic hydroxyl groups is 1. The van der Waals surface area contributed by atoms with Gasteiger partial charge < -0.3 is 15.2 Å². The number of nitrogens with zero attached hydrogens (tertiary/aromatic N) is 1. The summed E-state index contributed by atoms with van der Waals surface area (Å²) >= 11 is 0. The molecule has 1 aliphatic carbocycles. The maximum absolute atomic E-state index is 11.3. The summed E-state index contributed by atoms with van der Waals surface area (Å²) in [6.45, 7) is 2.13. The van der Waals surface area contributed by atoms with Crippen molar-refractivity contribution in [3.05, 3.63) is 28.3 Å². The second kappa shape index (κ2) is 6.09. The lowest BCUT2D eigenvalue weighted by atomic mass is 9.98. The number of para-hydroxylation sites is 1. The van der Waals surface area contributed by atoms with E-state index in [0.29, 0.717) is 12.3 Å². The first-order valence-corrected chi connectivity index (χ1v) is 6.91. The Hall–Kier alpha value is -1.82. The SMILES string of the molecule is CCOc1cccc(NC2(CO)CCCC2)c1[N+](=O)[O-]. The molecule has 0 spiro atoms. The Kier molecular flexibility index (Phi) is 4.44. The number of ether oxygens (including phenoxy) is 1. The van der Waals surface area contributed by atoms with Crippen LogP contribution in [0.4, 0.5) is 11.4 Å². The molecular weight excluding hydrogens is 260 g/mol. The van der Waals surface area contributed by atoms with Gasteiger partial charge in [0.15, 0.2) is 5.75 Å². The van der Waals surface area contributed by atoms with Crippen molar-refractivity contribution in [3.63, 3.8) is 0 Å². The highest BCUT2D eigenvalue weighted by Gasteiger charge is 2.35. The van der Waals surface area contributed by atoms with Crippen molar-refractivity contribution in [1.29, 1.82) is 0 Å². The molecule has 6 heteroatoms. The van der Waals surface area contributed by atoms with Crippen molar-refractivity contribution in [1.82, 2.24) is 0 Å². The van der Waals surface area contributed by atoms with Crippen molar-refractivity contribution in [2.24, 2.45) is 0 Å². The van der Waals surface area contributed by atoms with E-state index in [2.05, 4.69) is 5.32 Å². The lowest BCUT2D eigenvalue weighted by Crippen LogP contribution is -2.39. The molecule has 2 N–H and O–H groups in total. The lowest BCUT2D eigenvalue weighted by Gasteiger charge is -2.29. The molecule has 2 rings (SSSR count). The third-order valence-electron chi connectivity index (χ3n) is 3.74. The van der Waals surface area contributed by atoms with Crippen LogP contribution in [-0.2, 0) is 0 Å².